The van der Waals surface area contributed by atoms with Crippen molar-refractivity contribution in [2.24, 2.45) is 0 Å². The third-order valence-corrected chi connectivity index (χ3v) is 4.39. The Balaban J connectivity index is 0.00000132. The Kier molecular flexibility index (Phi) is 6.69. The van der Waals surface area contributed by atoms with Crippen molar-refractivity contribution in [1.29, 1.82) is 0 Å². The monoisotopic (exact) mass is 429 g/mol. The molecule has 4 aromatic rings. The molecule has 0 amide bonds. The van der Waals surface area contributed by atoms with Crippen LogP contribution in [0.5, 0.6) is 5.75 Å². The van der Waals surface area contributed by atoms with Crippen molar-refractivity contribution >= 4 is 28.0 Å². The summed E-state index contributed by atoms with van der Waals surface area (Å²) < 4.78 is 40.2. The van der Waals surface area contributed by atoms with Crippen molar-refractivity contribution in [2.75, 3.05) is 6.61 Å². The standard InChI is InChI=1S/C21H15F2NO5.C2H6/c1-2-27-20(26)16-15(11-7-9-12(10-8-11)28-21(22)23)18-17(24-19(16)25)13-5-3-4-6-14(13)29-18;1-2/h3-10,21H,2H2,1H3,(H,24,25);1-2H3. The lowest BCUT2D eigenvalue weighted by molar-refractivity contribution is -0.0498. The van der Waals surface area contributed by atoms with Gasteiger partial charge in [-0.2, -0.15) is 8.78 Å². The molecule has 1 N–H and O–H groups in total. The van der Waals surface area contributed by atoms with E-state index < -0.39 is 18.1 Å². The smallest absolute Gasteiger partial charge is 0.387 e. The van der Waals surface area contributed by atoms with E-state index in [-0.39, 0.29) is 29.1 Å². The quantitative estimate of drug-likeness (QED) is 0.409. The largest absolute Gasteiger partial charge is 0.462 e. The molecule has 0 saturated heterocycles. The second-order valence-corrected chi connectivity index (χ2v) is 6.13. The van der Waals surface area contributed by atoms with Crippen LogP contribution in [0.2, 0.25) is 0 Å². The number of aromatic amines is 1. The van der Waals surface area contributed by atoms with Gasteiger partial charge >= 0.3 is 12.6 Å². The number of H-pyrrole nitrogens is 1. The second-order valence-electron chi connectivity index (χ2n) is 6.13. The molecular weight excluding hydrogens is 408 g/mol. The van der Waals surface area contributed by atoms with E-state index in [1.807, 2.05) is 13.8 Å². The van der Waals surface area contributed by atoms with Crippen LogP contribution < -0.4 is 10.3 Å². The van der Waals surface area contributed by atoms with Crippen molar-refractivity contribution in [3.8, 4) is 16.9 Å². The maximum absolute atomic E-state index is 12.8. The molecule has 0 spiro atoms. The van der Waals surface area contributed by atoms with Gasteiger partial charge in [0.15, 0.2) is 5.58 Å². The van der Waals surface area contributed by atoms with E-state index >= 15 is 0 Å². The topological polar surface area (TPSA) is 81.5 Å². The van der Waals surface area contributed by atoms with Gasteiger partial charge in [0.1, 0.15) is 16.9 Å². The summed E-state index contributed by atoms with van der Waals surface area (Å²) in [4.78, 5) is 28.0. The van der Waals surface area contributed by atoms with E-state index in [0.29, 0.717) is 22.0 Å². The van der Waals surface area contributed by atoms with Gasteiger partial charge < -0.3 is 18.9 Å². The number of fused-ring (bicyclic) bond motifs is 3. The van der Waals surface area contributed by atoms with Crippen molar-refractivity contribution in [1.82, 2.24) is 4.98 Å². The molecule has 2 heterocycles. The van der Waals surface area contributed by atoms with E-state index in [1.54, 1.807) is 31.2 Å². The van der Waals surface area contributed by atoms with Gasteiger partial charge in [-0.15, -0.1) is 0 Å². The van der Waals surface area contributed by atoms with Crippen LogP contribution in [0, 0.1) is 0 Å². The zero-order valence-corrected chi connectivity index (χ0v) is 17.2. The third-order valence-electron chi connectivity index (χ3n) is 4.39. The predicted molar refractivity (Wildman–Crippen MR) is 114 cm³/mol. The van der Waals surface area contributed by atoms with E-state index in [4.69, 9.17) is 9.15 Å². The van der Waals surface area contributed by atoms with Crippen molar-refractivity contribution < 1.29 is 27.5 Å². The molecule has 4 rings (SSSR count). The number of aromatic nitrogens is 1. The number of ether oxygens (including phenoxy) is 2. The van der Waals surface area contributed by atoms with Gasteiger partial charge in [0, 0.05) is 10.9 Å². The maximum atomic E-state index is 12.8. The summed E-state index contributed by atoms with van der Waals surface area (Å²) in [5.74, 6) is -0.855. The number of esters is 1. The highest BCUT2D eigenvalue weighted by molar-refractivity contribution is 6.12. The Hall–Kier alpha value is -3.68. The molecular formula is C23H21F2NO5. The zero-order chi connectivity index (χ0) is 22.5. The fourth-order valence-electron chi connectivity index (χ4n) is 3.23. The van der Waals surface area contributed by atoms with Gasteiger partial charge in [-0.1, -0.05) is 38.1 Å². The summed E-state index contributed by atoms with van der Waals surface area (Å²) in [6, 6.07) is 12.7. The second kappa shape index (κ2) is 9.42. The fourth-order valence-corrected chi connectivity index (χ4v) is 3.23. The number of furan rings is 1. The molecule has 0 atom stereocenters. The number of benzene rings is 2. The lowest BCUT2D eigenvalue weighted by Crippen LogP contribution is -2.21. The fraction of sp³-hybridized carbons (Fsp3) is 0.217. The van der Waals surface area contributed by atoms with E-state index in [9.17, 15) is 18.4 Å². The van der Waals surface area contributed by atoms with E-state index in [2.05, 4.69) is 9.72 Å². The molecule has 2 aromatic heterocycles. The summed E-state index contributed by atoms with van der Waals surface area (Å²) in [5, 5.41) is 0.675. The van der Waals surface area contributed by atoms with Gasteiger partial charge in [0.05, 0.1) is 12.1 Å². The lowest BCUT2D eigenvalue weighted by atomic mass is 9.99. The summed E-state index contributed by atoms with van der Waals surface area (Å²) >= 11 is 0. The average Bonchev–Trinajstić information content (AvgIpc) is 3.13. The van der Waals surface area contributed by atoms with Gasteiger partial charge in [-0.05, 0) is 36.8 Å². The molecule has 2 aromatic carbocycles. The number of para-hydroxylation sites is 1. The van der Waals surface area contributed by atoms with Crippen LogP contribution in [-0.2, 0) is 4.74 Å². The summed E-state index contributed by atoms with van der Waals surface area (Å²) in [6.45, 7) is 2.75. The van der Waals surface area contributed by atoms with Crippen LogP contribution in [0.3, 0.4) is 0 Å². The maximum Gasteiger partial charge on any atom is 0.387 e. The highest BCUT2D eigenvalue weighted by Crippen LogP contribution is 2.36. The van der Waals surface area contributed by atoms with E-state index in [0.717, 1.165) is 0 Å². The Morgan fingerprint density at radius 3 is 2.42 bits per heavy atom. The molecule has 31 heavy (non-hydrogen) atoms. The summed E-state index contributed by atoms with van der Waals surface area (Å²) in [5.41, 5.74) is 1.04. The SMILES string of the molecule is CC.CCOC(=O)c1c(-c2ccc(OC(F)F)cc2)c2oc3ccccc3c2[nH]c1=O. The van der Waals surface area contributed by atoms with Gasteiger partial charge in [-0.3, -0.25) is 4.79 Å². The molecule has 0 bridgehead atoms. The number of alkyl halides is 2. The molecule has 0 aliphatic heterocycles. The first-order valence-corrected chi connectivity index (χ1v) is 9.79. The van der Waals surface area contributed by atoms with Crippen molar-refractivity contribution in [3.63, 3.8) is 0 Å². The van der Waals surface area contributed by atoms with Crippen LogP contribution in [0.1, 0.15) is 31.1 Å². The van der Waals surface area contributed by atoms with Gasteiger partial charge in [0.25, 0.3) is 5.56 Å². The molecule has 0 fully saturated rings. The minimum Gasteiger partial charge on any atom is -0.462 e. The number of rotatable bonds is 5. The number of carbonyl (C=O) groups excluding carboxylic acids is 1. The number of halogens is 2. The summed E-state index contributed by atoms with van der Waals surface area (Å²) in [6.07, 6.45) is 0. The number of carbonyl (C=O) groups is 1. The number of pyridine rings is 1. The van der Waals surface area contributed by atoms with Crippen molar-refractivity contribution in [2.45, 2.75) is 27.4 Å². The first-order chi connectivity index (χ1) is 15.0. The number of nitrogens with one attached hydrogen (secondary N) is 1. The number of hydrogen-bond acceptors (Lipinski definition) is 5. The predicted octanol–water partition coefficient (Wildman–Crippen LogP) is 5.75. The van der Waals surface area contributed by atoms with Crippen LogP contribution in [0.15, 0.2) is 57.7 Å². The highest BCUT2D eigenvalue weighted by atomic mass is 19.3. The molecule has 0 unspecified atom stereocenters. The minimum atomic E-state index is -2.96. The normalized spacial score (nSPS) is 10.8. The van der Waals surface area contributed by atoms with Crippen LogP contribution in [0.25, 0.3) is 33.2 Å². The highest BCUT2D eigenvalue weighted by Gasteiger charge is 2.25. The first kappa shape index (κ1) is 22.0. The van der Waals surface area contributed by atoms with Crippen LogP contribution in [0.4, 0.5) is 8.78 Å². The first-order valence-electron chi connectivity index (χ1n) is 9.79. The molecule has 0 saturated carbocycles. The Bertz CT molecular complexity index is 1260. The number of hydrogen-bond donors (Lipinski definition) is 1. The molecule has 8 heteroatoms. The molecule has 6 nitrogen and oxygen atoms in total. The zero-order valence-electron chi connectivity index (χ0n) is 17.2. The van der Waals surface area contributed by atoms with Gasteiger partial charge in [0.2, 0.25) is 0 Å². The molecule has 162 valence electrons. The van der Waals surface area contributed by atoms with Crippen LogP contribution >= 0.6 is 0 Å². The average molecular weight is 429 g/mol. The van der Waals surface area contributed by atoms with Crippen LogP contribution in [-0.4, -0.2) is 24.2 Å². The lowest BCUT2D eigenvalue weighted by Gasteiger charge is -2.10. The summed E-state index contributed by atoms with van der Waals surface area (Å²) in [7, 11) is 0. The molecule has 0 aliphatic carbocycles. The molecule has 0 radical (unpaired) electrons. The third kappa shape index (κ3) is 4.28. The van der Waals surface area contributed by atoms with Crippen molar-refractivity contribution in [3.05, 3.63) is 64.4 Å². The molecule has 0 aliphatic rings. The van der Waals surface area contributed by atoms with E-state index in [1.165, 1.54) is 24.3 Å². The van der Waals surface area contributed by atoms with Gasteiger partial charge in [-0.25, -0.2) is 4.79 Å². The Labute approximate surface area is 176 Å². The Morgan fingerprint density at radius 2 is 1.77 bits per heavy atom. The minimum absolute atomic E-state index is 0.0490. The Morgan fingerprint density at radius 1 is 1.10 bits per heavy atom.